The molecule has 0 fully saturated rings. The van der Waals surface area contributed by atoms with Gasteiger partial charge < -0.3 is 9.88 Å². The van der Waals surface area contributed by atoms with E-state index in [9.17, 15) is 0 Å². The van der Waals surface area contributed by atoms with E-state index in [1.807, 2.05) is 0 Å². The number of aromatic nitrogens is 1. The Kier molecular flexibility index (Phi) is 2.36. The Labute approximate surface area is 109 Å². The molecule has 1 aromatic carbocycles. The maximum absolute atomic E-state index is 3.55. The van der Waals surface area contributed by atoms with Crippen LogP contribution < -0.4 is 5.32 Å². The van der Waals surface area contributed by atoms with E-state index in [-0.39, 0.29) is 5.41 Å². The zero-order valence-corrected chi connectivity index (χ0v) is 12.0. The first kappa shape index (κ1) is 11.8. The molecule has 1 aromatic heterocycles. The lowest BCUT2D eigenvalue weighted by atomic mass is 9.79. The molecule has 1 aliphatic rings. The predicted molar refractivity (Wildman–Crippen MR) is 77.1 cm³/mol. The topological polar surface area (TPSA) is 17.0 Å². The molecule has 0 saturated carbocycles. The SMILES string of the molecule is Cc1ccc(C)c2c1c1c(n2C)CNCC1(C)C. The van der Waals surface area contributed by atoms with E-state index >= 15 is 0 Å². The highest BCUT2D eigenvalue weighted by Gasteiger charge is 2.33. The number of hydrogen-bond donors (Lipinski definition) is 1. The van der Waals surface area contributed by atoms with E-state index in [1.54, 1.807) is 5.56 Å². The molecule has 0 bridgehead atoms. The van der Waals surface area contributed by atoms with E-state index in [0.717, 1.165) is 13.1 Å². The second-order valence-electron chi connectivity index (χ2n) is 6.29. The number of rotatable bonds is 0. The summed E-state index contributed by atoms with van der Waals surface area (Å²) in [5, 5.41) is 5.04. The number of nitrogens with one attached hydrogen (secondary N) is 1. The third kappa shape index (κ3) is 1.39. The molecule has 2 heteroatoms. The Morgan fingerprint density at radius 1 is 1.17 bits per heavy atom. The van der Waals surface area contributed by atoms with Gasteiger partial charge in [-0.1, -0.05) is 26.0 Å². The fraction of sp³-hybridized carbons (Fsp3) is 0.500. The zero-order chi connectivity index (χ0) is 13.1. The standard InChI is InChI=1S/C16H22N2/c1-10-6-7-11(2)15-13(10)14-12(18(15)5)8-17-9-16(14,3)4/h6-7,17H,8-9H2,1-5H3. The molecule has 2 aromatic rings. The summed E-state index contributed by atoms with van der Waals surface area (Å²) in [4.78, 5) is 0. The van der Waals surface area contributed by atoms with Crippen LogP contribution >= 0.6 is 0 Å². The third-order valence-electron chi connectivity index (χ3n) is 4.40. The minimum Gasteiger partial charge on any atom is -0.346 e. The molecule has 2 nitrogen and oxygen atoms in total. The van der Waals surface area contributed by atoms with Crippen molar-refractivity contribution in [2.24, 2.45) is 7.05 Å². The molecular formula is C16H22N2. The highest BCUT2D eigenvalue weighted by molar-refractivity contribution is 5.92. The van der Waals surface area contributed by atoms with Gasteiger partial charge >= 0.3 is 0 Å². The van der Waals surface area contributed by atoms with E-state index in [1.165, 1.54) is 27.7 Å². The second-order valence-corrected chi connectivity index (χ2v) is 6.29. The quantitative estimate of drug-likeness (QED) is 0.751. The van der Waals surface area contributed by atoms with Crippen molar-refractivity contribution in [2.45, 2.75) is 39.7 Å². The van der Waals surface area contributed by atoms with Gasteiger partial charge in [0, 0.05) is 36.6 Å². The molecule has 0 radical (unpaired) electrons. The van der Waals surface area contributed by atoms with E-state index in [2.05, 4.69) is 56.8 Å². The Morgan fingerprint density at radius 2 is 1.83 bits per heavy atom. The molecule has 18 heavy (non-hydrogen) atoms. The minimum absolute atomic E-state index is 0.214. The molecule has 0 aliphatic carbocycles. The molecule has 0 spiro atoms. The summed E-state index contributed by atoms with van der Waals surface area (Å²) < 4.78 is 2.39. The number of hydrogen-bond acceptors (Lipinski definition) is 1. The number of benzene rings is 1. The van der Waals surface area contributed by atoms with Crippen molar-refractivity contribution in [3.05, 3.63) is 34.5 Å². The van der Waals surface area contributed by atoms with Crippen molar-refractivity contribution in [3.8, 4) is 0 Å². The van der Waals surface area contributed by atoms with Crippen molar-refractivity contribution >= 4 is 10.9 Å². The van der Waals surface area contributed by atoms with Crippen LogP contribution in [0.1, 0.15) is 36.2 Å². The third-order valence-corrected chi connectivity index (χ3v) is 4.40. The highest BCUT2D eigenvalue weighted by Crippen LogP contribution is 2.39. The van der Waals surface area contributed by atoms with Gasteiger partial charge in [-0.2, -0.15) is 0 Å². The van der Waals surface area contributed by atoms with Crippen LogP contribution in [0.4, 0.5) is 0 Å². The Hall–Kier alpha value is -1.28. The molecule has 96 valence electrons. The van der Waals surface area contributed by atoms with Crippen LogP contribution in [0.5, 0.6) is 0 Å². The van der Waals surface area contributed by atoms with Crippen LogP contribution in [0.25, 0.3) is 10.9 Å². The van der Waals surface area contributed by atoms with Gasteiger partial charge in [0.25, 0.3) is 0 Å². The molecule has 0 saturated heterocycles. The van der Waals surface area contributed by atoms with Crippen LogP contribution in [0.3, 0.4) is 0 Å². The maximum atomic E-state index is 3.55. The fourth-order valence-corrected chi connectivity index (χ4v) is 3.51. The average Bonchev–Trinajstić information content (AvgIpc) is 2.60. The van der Waals surface area contributed by atoms with E-state index in [4.69, 9.17) is 0 Å². The van der Waals surface area contributed by atoms with Crippen LogP contribution in [0.15, 0.2) is 12.1 Å². The van der Waals surface area contributed by atoms with Gasteiger partial charge in [-0.25, -0.2) is 0 Å². The van der Waals surface area contributed by atoms with Gasteiger partial charge in [0.2, 0.25) is 0 Å². The summed E-state index contributed by atoms with van der Waals surface area (Å²) >= 11 is 0. The normalized spacial score (nSPS) is 18.1. The van der Waals surface area contributed by atoms with Gasteiger partial charge in [-0.05, 0) is 30.5 Å². The molecule has 1 N–H and O–H groups in total. The van der Waals surface area contributed by atoms with Crippen LogP contribution in [0, 0.1) is 13.8 Å². The maximum Gasteiger partial charge on any atom is 0.0515 e. The first-order valence-electron chi connectivity index (χ1n) is 6.72. The predicted octanol–water partition coefficient (Wildman–Crippen LogP) is 3.18. The summed E-state index contributed by atoms with van der Waals surface area (Å²) in [6, 6.07) is 4.50. The lowest BCUT2D eigenvalue weighted by Crippen LogP contribution is -2.38. The number of nitrogens with zero attached hydrogens (tertiary/aromatic N) is 1. The molecule has 1 aliphatic heterocycles. The van der Waals surface area contributed by atoms with Gasteiger partial charge in [-0.3, -0.25) is 0 Å². The highest BCUT2D eigenvalue weighted by atomic mass is 15.0. The largest absolute Gasteiger partial charge is 0.346 e. The van der Waals surface area contributed by atoms with Gasteiger partial charge in [0.05, 0.1) is 5.52 Å². The van der Waals surface area contributed by atoms with Crippen molar-refractivity contribution in [1.82, 2.24) is 9.88 Å². The lowest BCUT2D eigenvalue weighted by molar-refractivity contribution is 0.429. The Bertz CT molecular complexity index is 632. The summed E-state index contributed by atoms with van der Waals surface area (Å²) in [6.07, 6.45) is 0. The smallest absolute Gasteiger partial charge is 0.0515 e. The molecule has 0 amide bonds. The van der Waals surface area contributed by atoms with Gasteiger partial charge in [0.1, 0.15) is 0 Å². The average molecular weight is 242 g/mol. The zero-order valence-electron chi connectivity index (χ0n) is 12.0. The summed E-state index contributed by atoms with van der Waals surface area (Å²) in [5.74, 6) is 0. The Morgan fingerprint density at radius 3 is 2.56 bits per heavy atom. The summed E-state index contributed by atoms with van der Waals surface area (Å²) in [7, 11) is 2.21. The van der Waals surface area contributed by atoms with Crippen LogP contribution in [0.2, 0.25) is 0 Å². The minimum atomic E-state index is 0.214. The summed E-state index contributed by atoms with van der Waals surface area (Å²) in [5.41, 5.74) is 7.42. The van der Waals surface area contributed by atoms with Crippen molar-refractivity contribution in [1.29, 1.82) is 0 Å². The van der Waals surface area contributed by atoms with Gasteiger partial charge in [0.15, 0.2) is 0 Å². The van der Waals surface area contributed by atoms with E-state index < -0.39 is 0 Å². The lowest BCUT2D eigenvalue weighted by Gasteiger charge is -2.32. The number of fused-ring (bicyclic) bond motifs is 3. The molecule has 3 rings (SSSR count). The second kappa shape index (κ2) is 3.61. The molecule has 0 unspecified atom stereocenters. The van der Waals surface area contributed by atoms with Crippen molar-refractivity contribution < 1.29 is 0 Å². The molecular weight excluding hydrogens is 220 g/mol. The van der Waals surface area contributed by atoms with Gasteiger partial charge in [-0.15, -0.1) is 0 Å². The monoisotopic (exact) mass is 242 g/mol. The van der Waals surface area contributed by atoms with Crippen LogP contribution in [-0.4, -0.2) is 11.1 Å². The molecule has 2 heterocycles. The first-order chi connectivity index (χ1) is 8.43. The van der Waals surface area contributed by atoms with Crippen molar-refractivity contribution in [2.75, 3.05) is 6.54 Å². The molecule has 0 atom stereocenters. The van der Waals surface area contributed by atoms with Crippen molar-refractivity contribution in [3.63, 3.8) is 0 Å². The summed E-state index contributed by atoms with van der Waals surface area (Å²) in [6.45, 7) is 11.2. The fourth-order valence-electron chi connectivity index (χ4n) is 3.51. The first-order valence-corrected chi connectivity index (χ1v) is 6.72. The number of aryl methyl sites for hydroxylation is 3. The van der Waals surface area contributed by atoms with E-state index in [0.29, 0.717) is 0 Å². The Balaban J connectivity index is 2.52. The van der Waals surface area contributed by atoms with Crippen LogP contribution in [-0.2, 0) is 19.0 Å².